The molecule has 0 bridgehead atoms. The molecule has 0 amide bonds. The van der Waals surface area contributed by atoms with Crippen molar-refractivity contribution in [2.24, 2.45) is 0 Å². The number of nitrogens with zero attached hydrogens (tertiary/aromatic N) is 1. The second-order valence-corrected chi connectivity index (χ2v) is 7.43. The highest BCUT2D eigenvalue weighted by atomic mass is 32.1. The molecule has 4 heteroatoms. The molecule has 0 spiro atoms. The zero-order chi connectivity index (χ0) is 14.7. The maximum Gasteiger partial charge on any atom is 0.0907 e. The summed E-state index contributed by atoms with van der Waals surface area (Å²) in [4.78, 5) is 4.52. The first-order valence-corrected chi connectivity index (χ1v) is 8.89. The molecule has 1 saturated heterocycles. The molecule has 2 atom stereocenters. The van der Waals surface area contributed by atoms with E-state index in [1.807, 2.05) is 0 Å². The van der Waals surface area contributed by atoms with E-state index in [2.05, 4.69) is 47.7 Å². The predicted molar refractivity (Wildman–Crippen MR) is 92.3 cm³/mol. The van der Waals surface area contributed by atoms with Gasteiger partial charge in [-0.15, -0.1) is 11.3 Å². The summed E-state index contributed by atoms with van der Waals surface area (Å²) in [5, 5.41) is 8.47. The average Bonchev–Trinajstić information content (AvgIpc) is 2.64. The summed E-state index contributed by atoms with van der Waals surface area (Å²) in [7, 11) is 0. The van der Waals surface area contributed by atoms with Crippen LogP contribution in [0.2, 0.25) is 0 Å². The number of hydrogen-bond acceptors (Lipinski definition) is 4. The van der Waals surface area contributed by atoms with Crippen LogP contribution in [0.4, 0.5) is 5.69 Å². The van der Waals surface area contributed by atoms with Crippen LogP contribution in [0.3, 0.4) is 0 Å². The van der Waals surface area contributed by atoms with E-state index in [9.17, 15) is 0 Å². The average molecular weight is 303 g/mol. The summed E-state index contributed by atoms with van der Waals surface area (Å²) < 4.78 is 1.28. The molecule has 1 aromatic heterocycles. The number of thiazole rings is 1. The van der Waals surface area contributed by atoms with Crippen molar-refractivity contribution < 1.29 is 0 Å². The Morgan fingerprint density at radius 1 is 1.38 bits per heavy atom. The lowest BCUT2D eigenvalue weighted by Crippen LogP contribution is -2.33. The molecule has 1 aliphatic rings. The molecule has 0 radical (unpaired) electrons. The van der Waals surface area contributed by atoms with E-state index in [4.69, 9.17) is 0 Å². The van der Waals surface area contributed by atoms with E-state index in [1.54, 1.807) is 11.3 Å². The number of fused-ring (bicyclic) bond motifs is 1. The normalized spacial score (nSPS) is 21.1. The molecule has 2 heterocycles. The van der Waals surface area contributed by atoms with Gasteiger partial charge in [-0.2, -0.15) is 0 Å². The highest BCUT2D eigenvalue weighted by molar-refractivity contribution is 7.18. The largest absolute Gasteiger partial charge is 0.382 e. The number of aryl methyl sites for hydroxylation is 1. The van der Waals surface area contributed by atoms with Gasteiger partial charge in [-0.05, 0) is 57.9 Å². The van der Waals surface area contributed by atoms with Crippen molar-refractivity contribution in [3.8, 4) is 0 Å². The van der Waals surface area contributed by atoms with Crippen molar-refractivity contribution in [1.29, 1.82) is 0 Å². The third-order valence-corrected chi connectivity index (χ3v) is 5.14. The quantitative estimate of drug-likeness (QED) is 0.883. The zero-order valence-electron chi connectivity index (χ0n) is 13.0. The van der Waals surface area contributed by atoms with E-state index in [0.29, 0.717) is 12.1 Å². The summed E-state index contributed by atoms with van der Waals surface area (Å²) >= 11 is 1.77. The minimum Gasteiger partial charge on any atom is -0.382 e. The molecule has 1 aromatic carbocycles. The molecule has 0 aliphatic carbocycles. The lowest BCUT2D eigenvalue weighted by atomic mass is 10.0. The fourth-order valence-electron chi connectivity index (χ4n) is 3.20. The Labute approximate surface area is 131 Å². The van der Waals surface area contributed by atoms with E-state index < -0.39 is 0 Å². The van der Waals surface area contributed by atoms with Gasteiger partial charge < -0.3 is 10.6 Å². The highest BCUT2D eigenvalue weighted by Crippen LogP contribution is 2.25. The number of nitrogens with one attached hydrogen (secondary N) is 2. The summed E-state index contributed by atoms with van der Waals surface area (Å²) in [6.45, 7) is 5.54. The van der Waals surface area contributed by atoms with E-state index in [0.717, 1.165) is 10.5 Å². The summed E-state index contributed by atoms with van der Waals surface area (Å²) in [5.41, 5.74) is 2.33. The number of benzene rings is 1. The molecule has 2 N–H and O–H groups in total. The van der Waals surface area contributed by atoms with Gasteiger partial charge in [0.05, 0.1) is 15.2 Å². The van der Waals surface area contributed by atoms with Crippen LogP contribution in [0.15, 0.2) is 18.2 Å². The highest BCUT2D eigenvalue weighted by Gasteiger charge is 2.15. The Morgan fingerprint density at radius 2 is 2.29 bits per heavy atom. The van der Waals surface area contributed by atoms with Gasteiger partial charge in [-0.1, -0.05) is 12.8 Å². The lowest BCUT2D eigenvalue weighted by molar-refractivity contribution is 0.456. The van der Waals surface area contributed by atoms with Crippen LogP contribution in [-0.4, -0.2) is 23.6 Å². The number of rotatable bonds is 4. The number of hydrogen-bond donors (Lipinski definition) is 2. The van der Waals surface area contributed by atoms with Crippen molar-refractivity contribution in [1.82, 2.24) is 10.3 Å². The van der Waals surface area contributed by atoms with Crippen LogP contribution in [-0.2, 0) is 0 Å². The van der Waals surface area contributed by atoms with Gasteiger partial charge in [0.25, 0.3) is 0 Å². The van der Waals surface area contributed by atoms with Crippen molar-refractivity contribution in [2.75, 3.05) is 11.9 Å². The van der Waals surface area contributed by atoms with Gasteiger partial charge in [0.1, 0.15) is 0 Å². The number of anilines is 1. The van der Waals surface area contributed by atoms with Gasteiger partial charge in [0.2, 0.25) is 0 Å². The van der Waals surface area contributed by atoms with E-state index in [-0.39, 0.29) is 0 Å². The minimum atomic E-state index is 0.493. The first kappa shape index (κ1) is 14.8. The second kappa shape index (κ2) is 6.75. The standard InChI is InChI=1S/C17H25N3S/c1-12(10-14-6-4-3-5-9-18-14)19-15-7-8-16-17(11-15)21-13(2)20-16/h7-8,11-12,14,18-19H,3-6,9-10H2,1-2H3. The van der Waals surface area contributed by atoms with Crippen LogP contribution in [0.1, 0.15) is 44.0 Å². The molecule has 2 unspecified atom stereocenters. The Hall–Kier alpha value is -1.13. The smallest absolute Gasteiger partial charge is 0.0907 e. The van der Waals surface area contributed by atoms with E-state index in [1.165, 1.54) is 49.0 Å². The predicted octanol–water partition coefficient (Wildman–Crippen LogP) is 4.33. The molecule has 0 saturated carbocycles. The van der Waals surface area contributed by atoms with Crippen LogP contribution in [0, 0.1) is 6.92 Å². The van der Waals surface area contributed by atoms with E-state index >= 15 is 0 Å². The van der Waals surface area contributed by atoms with Gasteiger partial charge in [0.15, 0.2) is 0 Å². The van der Waals surface area contributed by atoms with Crippen molar-refractivity contribution in [3.05, 3.63) is 23.2 Å². The van der Waals surface area contributed by atoms with Gasteiger partial charge in [0, 0.05) is 17.8 Å². The Kier molecular flexibility index (Phi) is 4.76. The Balaban J connectivity index is 1.60. The third-order valence-electron chi connectivity index (χ3n) is 4.21. The van der Waals surface area contributed by atoms with Crippen molar-refractivity contribution >= 4 is 27.2 Å². The SMILES string of the molecule is Cc1nc2ccc(NC(C)CC3CCCCCN3)cc2s1. The van der Waals surface area contributed by atoms with Gasteiger partial charge in [-0.3, -0.25) is 0 Å². The topological polar surface area (TPSA) is 37.0 Å². The monoisotopic (exact) mass is 303 g/mol. The number of aromatic nitrogens is 1. The van der Waals surface area contributed by atoms with Gasteiger partial charge in [-0.25, -0.2) is 4.98 Å². The van der Waals surface area contributed by atoms with Crippen LogP contribution in [0.25, 0.3) is 10.2 Å². The van der Waals surface area contributed by atoms with Gasteiger partial charge >= 0.3 is 0 Å². The molecule has 1 fully saturated rings. The third kappa shape index (κ3) is 3.95. The molecule has 3 nitrogen and oxygen atoms in total. The van der Waals surface area contributed by atoms with Crippen LogP contribution >= 0.6 is 11.3 Å². The Morgan fingerprint density at radius 3 is 3.19 bits per heavy atom. The molecular formula is C17H25N3S. The molecular weight excluding hydrogens is 278 g/mol. The second-order valence-electron chi connectivity index (χ2n) is 6.20. The first-order chi connectivity index (χ1) is 10.2. The maximum absolute atomic E-state index is 4.52. The molecule has 3 rings (SSSR count). The van der Waals surface area contributed by atoms with Crippen LogP contribution in [0.5, 0.6) is 0 Å². The molecule has 21 heavy (non-hydrogen) atoms. The summed E-state index contributed by atoms with van der Waals surface area (Å²) in [5.74, 6) is 0. The Bertz CT molecular complexity index is 585. The maximum atomic E-state index is 4.52. The fourth-order valence-corrected chi connectivity index (χ4v) is 4.07. The molecule has 2 aromatic rings. The minimum absolute atomic E-state index is 0.493. The zero-order valence-corrected chi connectivity index (χ0v) is 13.8. The van der Waals surface area contributed by atoms with Crippen molar-refractivity contribution in [3.63, 3.8) is 0 Å². The molecule has 1 aliphatic heterocycles. The summed E-state index contributed by atoms with van der Waals surface area (Å²) in [6, 6.07) is 7.67. The first-order valence-electron chi connectivity index (χ1n) is 8.08. The molecule has 114 valence electrons. The summed E-state index contributed by atoms with van der Waals surface area (Å²) in [6.07, 6.45) is 6.60. The lowest BCUT2D eigenvalue weighted by Gasteiger charge is -2.22. The van der Waals surface area contributed by atoms with Crippen LogP contribution < -0.4 is 10.6 Å². The van der Waals surface area contributed by atoms with Crippen molar-refractivity contribution in [2.45, 2.75) is 58.0 Å². The fraction of sp³-hybridized carbons (Fsp3) is 0.588.